The SMILES string of the molecule is C=C(C)C(=O)OC(C)(C)CCOC(=O)c1cc(C)ccc1C. The fourth-order valence-corrected chi connectivity index (χ4v) is 1.81. The summed E-state index contributed by atoms with van der Waals surface area (Å²) in [7, 11) is 0. The van der Waals surface area contributed by atoms with Gasteiger partial charge in [0.1, 0.15) is 5.60 Å². The van der Waals surface area contributed by atoms with E-state index in [9.17, 15) is 9.59 Å². The lowest BCUT2D eigenvalue weighted by Crippen LogP contribution is -2.30. The minimum atomic E-state index is -0.710. The first-order valence-electron chi connectivity index (χ1n) is 7.25. The highest BCUT2D eigenvalue weighted by Crippen LogP contribution is 2.18. The van der Waals surface area contributed by atoms with Crippen molar-refractivity contribution in [2.45, 2.75) is 46.6 Å². The summed E-state index contributed by atoms with van der Waals surface area (Å²) < 4.78 is 10.6. The van der Waals surface area contributed by atoms with Gasteiger partial charge in [0.25, 0.3) is 0 Å². The van der Waals surface area contributed by atoms with Gasteiger partial charge < -0.3 is 9.47 Å². The Bertz CT molecular complexity index is 585. The monoisotopic (exact) mass is 304 g/mol. The van der Waals surface area contributed by atoms with Crippen molar-refractivity contribution in [3.05, 3.63) is 47.0 Å². The molecule has 1 aromatic carbocycles. The van der Waals surface area contributed by atoms with Crippen LogP contribution < -0.4 is 0 Å². The van der Waals surface area contributed by atoms with Gasteiger partial charge in [-0.25, -0.2) is 9.59 Å². The number of hydrogen-bond acceptors (Lipinski definition) is 4. The van der Waals surface area contributed by atoms with Gasteiger partial charge in [0.15, 0.2) is 0 Å². The summed E-state index contributed by atoms with van der Waals surface area (Å²) in [5.74, 6) is -0.797. The van der Waals surface area contributed by atoms with E-state index in [4.69, 9.17) is 9.47 Å². The third-order valence-electron chi connectivity index (χ3n) is 3.27. The molecular weight excluding hydrogens is 280 g/mol. The number of ether oxygens (including phenoxy) is 2. The Labute approximate surface area is 132 Å². The molecule has 0 heterocycles. The molecule has 0 fully saturated rings. The molecule has 0 radical (unpaired) electrons. The molecule has 0 aliphatic heterocycles. The van der Waals surface area contributed by atoms with Gasteiger partial charge in [-0.05, 0) is 46.2 Å². The van der Waals surface area contributed by atoms with Crippen LogP contribution in [0.1, 0.15) is 48.7 Å². The lowest BCUT2D eigenvalue weighted by molar-refractivity contribution is -0.152. The second-order valence-corrected chi connectivity index (χ2v) is 6.13. The third kappa shape index (κ3) is 5.35. The number of benzene rings is 1. The van der Waals surface area contributed by atoms with Crippen LogP contribution in [0.15, 0.2) is 30.4 Å². The molecule has 0 unspecified atom stereocenters. The Morgan fingerprint density at radius 1 is 1.23 bits per heavy atom. The molecule has 0 spiro atoms. The van der Waals surface area contributed by atoms with E-state index in [1.54, 1.807) is 20.8 Å². The lowest BCUT2D eigenvalue weighted by atomic mass is 10.1. The van der Waals surface area contributed by atoms with E-state index < -0.39 is 11.6 Å². The molecule has 1 rings (SSSR count). The molecular formula is C18H24O4. The van der Waals surface area contributed by atoms with Crippen molar-refractivity contribution in [3.8, 4) is 0 Å². The van der Waals surface area contributed by atoms with Crippen molar-refractivity contribution < 1.29 is 19.1 Å². The van der Waals surface area contributed by atoms with E-state index in [-0.39, 0.29) is 12.6 Å². The van der Waals surface area contributed by atoms with E-state index in [1.807, 2.05) is 32.0 Å². The fourth-order valence-electron chi connectivity index (χ4n) is 1.81. The molecule has 0 N–H and O–H groups in total. The van der Waals surface area contributed by atoms with Gasteiger partial charge in [0.05, 0.1) is 12.2 Å². The normalized spacial score (nSPS) is 11.0. The minimum absolute atomic E-state index is 0.183. The van der Waals surface area contributed by atoms with Gasteiger partial charge in [0.2, 0.25) is 0 Å². The average molecular weight is 304 g/mol. The number of carbonyl (C=O) groups is 2. The van der Waals surface area contributed by atoms with Gasteiger partial charge in [-0.3, -0.25) is 0 Å². The maximum atomic E-state index is 12.1. The predicted molar refractivity (Wildman–Crippen MR) is 85.8 cm³/mol. The van der Waals surface area contributed by atoms with Crippen LogP contribution in [0, 0.1) is 13.8 Å². The molecule has 4 nitrogen and oxygen atoms in total. The van der Waals surface area contributed by atoms with Crippen molar-refractivity contribution in [1.82, 2.24) is 0 Å². The van der Waals surface area contributed by atoms with Crippen LogP contribution in [0.5, 0.6) is 0 Å². The molecule has 0 amide bonds. The highest BCUT2D eigenvalue weighted by Gasteiger charge is 2.24. The maximum Gasteiger partial charge on any atom is 0.338 e. The van der Waals surface area contributed by atoms with Crippen LogP contribution in [-0.4, -0.2) is 24.1 Å². The van der Waals surface area contributed by atoms with Gasteiger partial charge in [-0.15, -0.1) is 0 Å². The molecule has 0 aliphatic carbocycles. The largest absolute Gasteiger partial charge is 0.462 e. The second kappa shape index (κ2) is 7.25. The summed E-state index contributed by atoms with van der Waals surface area (Å²) in [4.78, 5) is 23.6. The second-order valence-electron chi connectivity index (χ2n) is 6.13. The molecule has 22 heavy (non-hydrogen) atoms. The highest BCUT2D eigenvalue weighted by atomic mass is 16.6. The van der Waals surface area contributed by atoms with Crippen molar-refractivity contribution >= 4 is 11.9 Å². The van der Waals surface area contributed by atoms with Crippen LogP contribution >= 0.6 is 0 Å². The summed E-state index contributed by atoms with van der Waals surface area (Å²) in [6.07, 6.45) is 0.419. The minimum Gasteiger partial charge on any atom is -0.462 e. The fraction of sp³-hybridized carbons (Fsp3) is 0.444. The predicted octanol–water partition coefficient (Wildman–Crippen LogP) is 3.75. The average Bonchev–Trinajstić information content (AvgIpc) is 2.40. The summed E-state index contributed by atoms with van der Waals surface area (Å²) in [5, 5.41) is 0. The van der Waals surface area contributed by atoms with Crippen LogP contribution in [0.25, 0.3) is 0 Å². The quantitative estimate of drug-likeness (QED) is 0.593. The number of carbonyl (C=O) groups excluding carboxylic acids is 2. The molecule has 0 saturated carbocycles. The molecule has 0 aliphatic rings. The van der Waals surface area contributed by atoms with Gasteiger partial charge in [-0.2, -0.15) is 0 Å². The Morgan fingerprint density at radius 3 is 2.45 bits per heavy atom. The number of hydrogen-bond donors (Lipinski definition) is 0. The molecule has 0 bridgehead atoms. The van der Waals surface area contributed by atoms with E-state index in [1.165, 1.54) is 0 Å². The standard InChI is InChI=1S/C18H24O4/c1-12(2)16(19)22-18(5,6)9-10-21-17(20)15-11-13(3)7-8-14(15)4/h7-8,11H,1,9-10H2,2-6H3. The zero-order valence-corrected chi connectivity index (χ0v) is 14.0. The Kier molecular flexibility index (Phi) is 5.92. The number of rotatable bonds is 6. The van der Waals surface area contributed by atoms with Crippen LogP contribution in [0.2, 0.25) is 0 Å². The van der Waals surface area contributed by atoms with Gasteiger partial charge in [-0.1, -0.05) is 24.3 Å². The molecule has 0 saturated heterocycles. The summed E-state index contributed by atoms with van der Waals surface area (Å²) in [6, 6.07) is 5.65. The number of esters is 2. The third-order valence-corrected chi connectivity index (χ3v) is 3.27. The van der Waals surface area contributed by atoms with E-state index >= 15 is 0 Å². The highest BCUT2D eigenvalue weighted by molar-refractivity contribution is 5.91. The van der Waals surface area contributed by atoms with Crippen LogP contribution in [0.3, 0.4) is 0 Å². The Hall–Kier alpha value is -2.10. The van der Waals surface area contributed by atoms with E-state index in [0.717, 1.165) is 11.1 Å². The van der Waals surface area contributed by atoms with Crippen molar-refractivity contribution in [1.29, 1.82) is 0 Å². The van der Waals surface area contributed by atoms with Crippen molar-refractivity contribution in [3.63, 3.8) is 0 Å². The molecule has 1 aromatic rings. The first-order chi connectivity index (χ1) is 10.1. The van der Waals surface area contributed by atoms with Crippen molar-refractivity contribution in [2.75, 3.05) is 6.61 Å². The van der Waals surface area contributed by atoms with Crippen molar-refractivity contribution in [2.24, 2.45) is 0 Å². The zero-order chi connectivity index (χ0) is 16.9. The van der Waals surface area contributed by atoms with Crippen LogP contribution in [-0.2, 0) is 14.3 Å². The molecule has 120 valence electrons. The Balaban J connectivity index is 2.56. The first kappa shape index (κ1) is 18.0. The summed E-state index contributed by atoms with van der Waals surface area (Å²) in [6.45, 7) is 12.7. The summed E-state index contributed by atoms with van der Waals surface area (Å²) in [5.41, 5.74) is 2.09. The lowest BCUT2D eigenvalue weighted by Gasteiger charge is -2.25. The molecule has 0 atom stereocenters. The molecule has 0 aromatic heterocycles. The topological polar surface area (TPSA) is 52.6 Å². The first-order valence-corrected chi connectivity index (χ1v) is 7.25. The Morgan fingerprint density at radius 2 is 1.86 bits per heavy atom. The van der Waals surface area contributed by atoms with Gasteiger partial charge >= 0.3 is 11.9 Å². The zero-order valence-electron chi connectivity index (χ0n) is 14.0. The number of aryl methyl sites for hydroxylation is 2. The van der Waals surface area contributed by atoms with Gasteiger partial charge in [0, 0.05) is 12.0 Å². The molecule has 4 heteroatoms. The summed E-state index contributed by atoms with van der Waals surface area (Å²) >= 11 is 0. The maximum absolute atomic E-state index is 12.1. The van der Waals surface area contributed by atoms with E-state index in [0.29, 0.717) is 17.6 Å². The smallest absolute Gasteiger partial charge is 0.338 e. The van der Waals surface area contributed by atoms with Crippen LogP contribution in [0.4, 0.5) is 0 Å². The van der Waals surface area contributed by atoms with E-state index in [2.05, 4.69) is 6.58 Å².